The van der Waals surface area contributed by atoms with Crippen molar-refractivity contribution in [3.05, 3.63) is 0 Å². The summed E-state index contributed by atoms with van der Waals surface area (Å²) >= 11 is 0. The third-order valence-corrected chi connectivity index (χ3v) is 3.13. The normalized spacial score (nSPS) is 20.7. The lowest BCUT2D eigenvalue weighted by molar-refractivity contribution is -0.127. The first-order valence-electron chi connectivity index (χ1n) is 5.82. The van der Waals surface area contributed by atoms with E-state index < -0.39 is 5.54 Å². The van der Waals surface area contributed by atoms with E-state index in [1.807, 2.05) is 0 Å². The SMILES string of the molecule is COCC(CCO)NC(=O)C1(N)CCCC1. The van der Waals surface area contributed by atoms with Crippen molar-refractivity contribution in [3.63, 3.8) is 0 Å². The molecule has 1 rings (SSSR count). The van der Waals surface area contributed by atoms with E-state index in [1.165, 1.54) is 0 Å². The Bertz CT molecular complexity index is 221. The minimum Gasteiger partial charge on any atom is -0.396 e. The van der Waals surface area contributed by atoms with Crippen molar-refractivity contribution >= 4 is 5.91 Å². The number of aliphatic hydroxyl groups excluding tert-OH is 1. The molecule has 94 valence electrons. The van der Waals surface area contributed by atoms with Gasteiger partial charge in [0.1, 0.15) is 0 Å². The van der Waals surface area contributed by atoms with Crippen LogP contribution in [-0.4, -0.2) is 42.9 Å². The summed E-state index contributed by atoms with van der Waals surface area (Å²) in [5.41, 5.74) is 5.32. The van der Waals surface area contributed by atoms with E-state index in [0.717, 1.165) is 25.7 Å². The van der Waals surface area contributed by atoms with Crippen molar-refractivity contribution in [2.75, 3.05) is 20.3 Å². The molecule has 1 aliphatic carbocycles. The lowest BCUT2D eigenvalue weighted by atomic mass is 9.97. The fourth-order valence-electron chi connectivity index (χ4n) is 2.12. The molecule has 1 fully saturated rings. The number of hydrogen-bond donors (Lipinski definition) is 3. The van der Waals surface area contributed by atoms with Crippen LogP contribution < -0.4 is 11.1 Å². The molecule has 0 aromatic rings. The Kier molecular flexibility index (Phi) is 5.18. The molecule has 1 unspecified atom stereocenters. The third-order valence-electron chi connectivity index (χ3n) is 3.13. The van der Waals surface area contributed by atoms with Gasteiger partial charge in [0.2, 0.25) is 5.91 Å². The lowest BCUT2D eigenvalue weighted by Gasteiger charge is -2.26. The van der Waals surface area contributed by atoms with E-state index in [4.69, 9.17) is 15.6 Å². The molecule has 1 saturated carbocycles. The standard InChI is InChI=1S/C11H22N2O3/c1-16-8-9(4-7-14)13-10(15)11(12)5-2-3-6-11/h9,14H,2-8,12H2,1H3,(H,13,15). The predicted molar refractivity (Wildman–Crippen MR) is 60.9 cm³/mol. The monoisotopic (exact) mass is 230 g/mol. The number of nitrogens with two attached hydrogens (primary N) is 1. The number of ether oxygens (including phenoxy) is 1. The highest BCUT2D eigenvalue weighted by atomic mass is 16.5. The number of rotatable bonds is 6. The summed E-state index contributed by atoms with van der Waals surface area (Å²) < 4.78 is 4.99. The van der Waals surface area contributed by atoms with Gasteiger partial charge in [-0.15, -0.1) is 0 Å². The van der Waals surface area contributed by atoms with Crippen LogP contribution in [-0.2, 0) is 9.53 Å². The average Bonchev–Trinajstić information content (AvgIpc) is 2.67. The molecule has 1 amide bonds. The molecule has 0 aromatic heterocycles. The largest absolute Gasteiger partial charge is 0.396 e. The summed E-state index contributed by atoms with van der Waals surface area (Å²) in [6.07, 6.45) is 4.02. The van der Waals surface area contributed by atoms with E-state index in [1.54, 1.807) is 7.11 Å². The van der Waals surface area contributed by atoms with Gasteiger partial charge in [0.05, 0.1) is 18.2 Å². The van der Waals surface area contributed by atoms with Gasteiger partial charge in [0, 0.05) is 13.7 Å². The second-order valence-corrected chi connectivity index (χ2v) is 4.50. The summed E-state index contributed by atoms with van der Waals surface area (Å²) in [5, 5.41) is 11.7. The number of carbonyl (C=O) groups excluding carboxylic acids is 1. The van der Waals surface area contributed by atoms with Gasteiger partial charge in [-0.1, -0.05) is 12.8 Å². The maximum absolute atomic E-state index is 12.0. The Labute approximate surface area is 96.3 Å². The van der Waals surface area contributed by atoms with Crippen molar-refractivity contribution in [3.8, 4) is 0 Å². The van der Waals surface area contributed by atoms with Gasteiger partial charge in [-0.25, -0.2) is 0 Å². The summed E-state index contributed by atoms with van der Waals surface area (Å²) in [7, 11) is 1.57. The molecule has 5 heteroatoms. The molecule has 1 aliphatic rings. The number of methoxy groups -OCH3 is 1. The zero-order chi connectivity index (χ0) is 12.0. The maximum Gasteiger partial charge on any atom is 0.240 e. The molecule has 0 spiro atoms. The van der Waals surface area contributed by atoms with Gasteiger partial charge in [0.25, 0.3) is 0 Å². The Morgan fingerprint density at radius 1 is 1.56 bits per heavy atom. The van der Waals surface area contributed by atoms with E-state index in [0.29, 0.717) is 13.0 Å². The first kappa shape index (κ1) is 13.4. The quantitative estimate of drug-likeness (QED) is 0.588. The summed E-state index contributed by atoms with van der Waals surface area (Å²) in [6.45, 7) is 0.439. The van der Waals surface area contributed by atoms with E-state index >= 15 is 0 Å². The maximum atomic E-state index is 12.0. The summed E-state index contributed by atoms with van der Waals surface area (Å²) in [5.74, 6) is -0.111. The number of aliphatic hydroxyl groups is 1. The van der Waals surface area contributed by atoms with Gasteiger partial charge >= 0.3 is 0 Å². The first-order valence-corrected chi connectivity index (χ1v) is 5.82. The molecule has 0 aromatic carbocycles. The second-order valence-electron chi connectivity index (χ2n) is 4.50. The fourth-order valence-corrected chi connectivity index (χ4v) is 2.12. The first-order chi connectivity index (χ1) is 7.62. The second kappa shape index (κ2) is 6.18. The van der Waals surface area contributed by atoms with Crippen LogP contribution in [0.25, 0.3) is 0 Å². The van der Waals surface area contributed by atoms with Crippen molar-refractivity contribution in [2.45, 2.75) is 43.7 Å². The van der Waals surface area contributed by atoms with Crippen LogP contribution in [0.1, 0.15) is 32.1 Å². The molecule has 0 aliphatic heterocycles. The van der Waals surface area contributed by atoms with Crippen molar-refractivity contribution in [1.82, 2.24) is 5.32 Å². The van der Waals surface area contributed by atoms with E-state index in [-0.39, 0.29) is 18.6 Å². The molecule has 0 saturated heterocycles. The number of amides is 1. The smallest absolute Gasteiger partial charge is 0.240 e. The van der Waals surface area contributed by atoms with Crippen LogP contribution in [0.15, 0.2) is 0 Å². The highest BCUT2D eigenvalue weighted by Gasteiger charge is 2.37. The Morgan fingerprint density at radius 2 is 2.19 bits per heavy atom. The Hall–Kier alpha value is -0.650. The molecular formula is C11H22N2O3. The molecule has 16 heavy (non-hydrogen) atoms. The zero-order valence-electron chi connectivity index (χ0n) is 9.87. The van der Waals surface area contributed by atoms with Crippen LogP contribution in [0.4, 0.5) is 0 Å². The molecule has 0 bridgehead atoms. The van der Waals surface area contributed by atoms with Gasteiger partial charge in [0.15, 0.2) is 0 Å². The molecular weight excluding hydrogens is 208 g/mol. The topological polar surface area (TPSA) is 84.6 Å². The molecule has 5 nitrogen and oxygen atoms in total. The minimum absolute atomic E-state index is 0.0336. The molecule has 1 atom stereocenters. The third kappa shape index (κ3) is 3.43. The lowest BCUT2D eigenvalue weighted by Crippen LogP contribution is -2.55. The van der Waals surface area contributed by atoms with Crippen molar-refractivity contribution in [1.29, 1.82) is 0 Å². The Morgan fingerprint density at radius 3 is 2.69 bits per heavy atom. The van der Waals surface area contributed by atoms with E-state index in [9.17, 15) is 4.79 Å². The Balaban J connectivity index is 2.46. The van der Waals surface area contributed by atoms with Crippen molar-refractivity contribution < 1.29 is 14.6 Å². The molecule has 0 heterocycles. The van der Waals surface area contributed by atoms with Crippen LogP contribution in [0.2, 0.25) is 0 Å². The fraction of sp³-hybridized carbons (Fsp3) is 0.909. The minimum atomic E-state index is -0.707. The van der Waals surface area contributed by atoms with Crippen LogP contribution in [0, 0.1) is 0 Å². The van der Waals surface area contributed by atoms with Crippen LogP contribution >= 0.6 is 0 Å². The zero-order valence-corrected chi connectivity index (χ0v) is 9.87. The number of carbonyl (C=O) groups is 1. The predicted octanol–water partition coefficient (Wildman–Crippen LogP) is -0.228. The summed E-state index contributed by atoms with van der Waals surface area (Å²) in [6, 6.07) is -0.150. The van der Waals surface area contributed by atoms with Crippen LogP contribution in [0.5, 0.6) is 0 Å². The van der Waals surface area contributed by atoms with Gasteiger partial charge in [-0.05, 0) is 19.3 Å². The number of nitrogens with one attached hydrogen (secondary N) is 1. The van der Waals surface area contributed by atoms with Gasteiger partial charge in [-0.3, -0.25) is 4.79 Å². The highest BCUT2D eigenvalue weighted by Crippen LogP contribution is 2.27. The van der Waals surface area contributed by atoms with Crippen molar-refractivity contribution in [2.24, 2.45) is 5.73 Å². The van der Waals surface area contributed by atoms with Crippen LogP contribution in [0.3, 0.4) is 0 Å². The van der Waals surface area contributed by atoms with E-state index in [2.05, 4.69) is 5.32 Å². The average molecular weight is 230 g/mol. The molecule has 0 radical (unpaired) electrons. The molecule has 4 N–H and O–H groups in total. The summed E-state index contributed by atoms with van der Waals surface area (Å²) in [4.78, 5) is 12.0. The highest BCUT2D eigenvalue weighted by molar-refractivity contribution is 5.86. The van der Waals surface area contributed by atoms with Gasteiger partial charge < -0.3 is 20.9 Å². The number of hydrogen-bond acceptors (Lipinski definition) is 4. The van der Waals surface area contributed by atoms with Gasteiger partial charge in [-0.2, -0.15) is 0 Å².